The molecule has 0 aromatic rings. The van der Waals surface area contributed by atoms with Gasteiger partial charge in [0, 0.05) is 19.7 Å². The van der Waals surface area contributed by atoms with E-state index in [2.05, 4.69) is 0 Å². The Balaban J connectivity index is 4.38. The van der Waals surface area contributed by atoms with E-state index in [-0.39, 0.29) is 5.91 Å². The van der Waals surface area contributed by atoms with E-state index in [1.165, 1.54) is 0 Å². The number of carbonyl (C=O) groups is 1. The molecule has 0 aromatic carbocycles. The number of hydrogen-bond acceptors (Lipinski definition) is 1. The summed E-state index contributed by atoms with van der Waals surface area (Å²) < 4.78 is 0. The second-order valence-corrected chi connectivity index (χ2v) is 2.82. The molecule has 0 atom stereocenters. The van der Waals surface area contributed by atoms with E-state index in [4.69, 9.17) is 0 Å². The van der Waals surface area contributed by atoms with Crippen molar-refractivity contribution >= 4 is 5.91 Å². The van der Waals surface area contributed by atoms with Gasteiger partial charge in [-0.2, -0.15) is 0 Å². The van der Waals surface area contributed by atoms with Crippen LogP contribution >= 0.6 is 0 Å². The molecule has 0 heterocycles. The molecule has 2 nitrogen and oxygen atoms in total. The molecular formula is C8H15NO. The summed E-state index contributed by atoms with van der Waals surface area (Å²) in [7, 11) is 3.52. The Morgan fingerprint density at radius 3 is 1.60 bits per heavy atom. The van der Waals surface area contributed by atoms with Gasteiger partial charge in [0.25, 0.3) is 0 Å². The zero-order valence-corrected chi connectivity index (χ0v) is 7.36. The van der Waals surface area contributed by atoms with Gasteiger partial charge in [0.2, 0.25) is 5.91 Å². The first-order valence-corrected chi connectivity index (χ1v) is 3.32. The van der Waals surface area contributed by atoms with Crippen LogP contribution in [0.1, 0.15) is 20.8 Å². The molecule has 0 aliphatic rings. The highest BCUT2D eigenvalue weighted by atomic mass is 16.2. The smallest absolute Gasteiger partial charge is 0.248 e. The van der Waals surface area contributed by atoms with Crippen LogP contribution in [0.2, 0.25) is 0 Å². The van der Waals surface area contributed by atoms with Crippen molar-refractivity contribution in [1.82, 2.24) is 4.90 Å². The topological polar surface area (TPSA) is 20.3 Å². The zero-order valence-electron chi connectivity index (χ0n) is 7.36. The molecule has 2 heteroatoms. The van der Waals surface area contributed by atoms with E-state index >= 15 is 0 Å². The van der Waals surface area contributed by atoms with Gasteiger partial charge in [-0.1, -0.05) is 5.57 Å². The third-order valence-corrected chi connectivity index (χ3v) is 1.48. The molecule has 0 saturated heterocycles. The van der Waals surface area contributed by atoms with E-state index in [1.807, 2.05) is 20.8 Å². The summed E-state index contributed by atoms with van der Waals surface area (Å²) in [5.74, 6) is 0.0972. The highest BCUT2D eigenvalue weighted by Crippen LogP contribution is 2.03. The molecule has 0 aliphatic carbocycles. The predicted octanol–water partition coefficient (Wildman–Crippen LogP) is 1.43. The summed E-state index contributed by atoms with van der Waals surface area (Å²) in [4.78, 5) is 12.7. The minimum absolute atomic E-state index is 0.0972. The summed E-state index contributed by atoms with van der Waals surface area (Å²) >= 11 is 0. The van der Waals surface area contributed by atoms with Gasteiger partial charge in [-0.15, -0.1) is 0 Å². The number of hydrogen-bond donors (Lipinski definition) is 0. The lowest BCUT2D eigenvalue weighted by atomic mass is 10.1. The Bertz CT molecular complexity index is 164. The SMILES string of the molecule is CC(C)=C(C)C(=O)N(C)C. The van der Waals surface area contributed by atoms with E-state index < -0.39 is 0 Å². The first-order chi connectivity index (χ1) is 4.46. The average Bonchev–Trinajstić information content (AvgIpc) is 1.84. The summed E-state index contributed by atoms with van der Waals surface area (Å²) in [6.45, 7) is 5.73. The molecule has 0 aliphatic heterocycles. The molecule has 0 N–H and O–H groups in total. The lowest BCUT2D eigenvalue weighted by molar-refractivity contribution is -0.124. The fourth-order valence-electron chi connectivity index (χ4n) is 0.549. The monoisotopic (exact) mass is 141 g/mol. The Kier molecular flexibility index (Phi) is 3.13. The van der Waals surface area contributed by atoms with Gasteiger partial charge >= 0.3 is 0 Å². The van der Waals surface area contributed by atoms with Crippen LogP contribution in [-0.2, 0) is 4.79 Å². The lowest BCUT2D eigenvalue weighted by Gasteiger charge is -2.10. The zero-order chi connectivity index (χ0) is 8.31. The minimum atomic E-state index is 0.0972. The van der Waals surface area contributed by atoms with Crippen molar-refractivity contribution in [3.8, 4) is 0 Å². The fraction of sp³-hybridized carbons (Fsp3) is 0.625. The van der Waals surface area contributed by atoms with Crippen molar-refractivity contribution < 1.29 is 4.79 Å². The maximum absolute atomic E-state index is 11.2. The number of amides is 1. The quantitative estimate of drug-likeness (QED) is 0.506. The molecule has 0 spiro atoms. The summed E-state index contributed by atoms with van der Waals surface area (Å²) in [5.41, 5.74) is 1.92. The van der Waals surface area contributed by atoms with Crippen LogP contribution in [0.3, 0.4) is 0 Å². The van der Waals surface area contributed by atoms with Crippen LogP contribution < -0.4 is 0 Å². The molecular weight excluding hydrogens is 126 g/mol. The largest absolute Gasteiger partial charge is 0.345 e. The molecule has 0 fully saturated rings. The molecule has 0 rings (SSSR count). The molecule has 0 radical (unpaired) electrons. The molecule has 0 aromatic heterocycles. The van der Waals surface area contributed by atoms with Crippen LogP contribution in [0, 0.1) is 0 Å². The number of nitrogens with zero attached hydrogens (tertiary/aromatic N) is 1. The number of rotatable bonds is 1. The highest BCUT2D eigenvalue weighted by Gasteiger charge is 2.06. The van der Waals surface area contributed by atoms with Crippen molar-refractivity contribution in [3.05, 3.63) is 11.1 Å². The van der Waals surface area contributed by atoms with Crippen LogP contribution in [0.25, 0.3) is 0 Å². The van der Waals surface area contributed by atoms with Crippen molar-refractivity contribution in [2.24, 2.45) is 0 Å². The summed E-state index contributed by atoms with van der Waals surface area (Å²) in [6, 6.07) is 0. The van der Waals surface area contributed by atoms with Gasteiger partial charge in [-0.05, 0) is 20.8 Å². The van der Waals surface area contributed by atoms with Gasteiger partial charge < -0.3 is 4.90 Å². The molecule has 1 amide bonds. The van der Waals surface area contributed by atoms with Crippen molar-refractivity contribution in [2.45, 2.75) is 20.8 Å². The van der Waals surface area contributed by atoms with E-state index in [0.29, 0.717) is 0 Å². The van der Waals surface area contributed by atoms with Gasteiger partial charge in [0.15, 0.2) is 0 Å². The number of likely N-dealkylation sites (N-methyl/N-ethyl adjacent to an activating group) is 1. The summed E-state index contributed by atoms with van der Waals surface area (Å²) in [6.07, 6.45) is 0. The second kappa shape index (κ2) is 3.40. The fourth-order valence-corrected chi connectivity index (χ4v) is 0.549. The molecule has 0 unspecified atom stereocenters. The Morgan fingerprint density at radius 1 is 1.10 bits per heavy atom. The van der Waals surface area contributed by atoms with Crippen molar-refractivity contribution in [1.29, 1.82) is 0 Å². The predicted molar refractivity (Wildman–Crippen MR) is 42.7 cm³/mol. The van der Waals surface area contributed by atoms with Crippen LogP contribution in [0.4, 0.5) is 0 Å². The van der Waals surface area contributed by atoms with Gasteiger partial charge in [-0.3, -0.25) is 4.79 Å². The minimum Gasteiger partial charge on any atom is -0.345 e. The molecule has 58 valence electrons. The van der Waals surface area contributed by atoms with Gasteiger partial charge in [0.05, 0.1) is 0 Å². The van der Waals surface area contributed by atoms with E-state index in [1.54, 1.807) is 19.0 Å². The average molecular weight is 141 g/mol. The molecule has 10 heavy (non-hydrogen) atoms. The first kappa shape index (κ1) is 9.21. The first-order valence-electron chi connectivity index (χ1n) is 3.32. The van der Waals surface area contributed by atoms with Crippen LogP contribution in [0.5, 0.6) is 0 Å². The Labute approximate surface area is 62.5 Å². The highest BCUT2D eigenvalue weighted by molar-refractivity contribution is 5.93. The lowest BCUT2D eigenvalue weighted by Crippen LogP contribution is -2.22. The summed E-state index contributed by atoms with van der Waals surface area (Å²) in [5, 5.41) is 0. The molecule has 0 saturated carbocycles. The third-order valence-electron chi connectivity index (χ3n) is 1.48. The third kappa shape index (κ3) is 2.21. The van der Waals surface area contributed by atoms with E-state index in [9.17, 15) is 4.79 Å². The van der Waals surface area contributed by atoms with Crippen molar-refractivity contribution in [2.75, 3.05) is 14.1 Å². The van der Waals surface area contributed by atoms with Gasteiger partial charge in [-0.25, -0.2) is 0 Å². The van der Waals surface area contributed by atoms with Crippen molar-refractivity contribution in [3.63, 3.8) is 0 Å². The second-order valence-electron chi connectivity index (χ2n) is 2.82. The molecule has 0 bridgehead atoms. The van der Waals surface area contributed by atoms with E-state index in [0.717, 1.165) is 11.1 Å². The Hall–Kier alpha value is -0.790. The van der Waals surface area contributed by atoms with Crippen LogP contribution in [-0.4, -0.2) is 24.9 Å². The number of carbonyl (C=O) groups excluding carboxylic acids is 1. The standard InChI is InChI=1S/C8H15NO/c1-6(2)7(3)8(10)9(4)5/h1-5H3. The maximum atomic E-state index is 11.2. The Morgan fingerprint density at radius 2 is 1.50 bits per heavy atom. The van der Waals surface area contributed by atoms with Gasteiger partial charge in [0.1, 0.15) is 0 Å². The number of allylic oxidation sites excluding steroid dienone is 1. The normalized spacial score (nSPS) is 8.90. The maximum Gasteiger partial charge on any atom is 0.248 e. The van der Waals surface area contributed by atoms with Crippen LogP contribution in [0.15, 0.2) is 11.1 Å².